The van der Waals surface area contributed by atoms with Crippen molar-refractivity contribution in [3.63, 3.8) is 0 Å². The molecular weight excluding hydrogens is 285 g/mol. The lowest BCUT2D eigenvalue weighted by molar-refractivity contribution is -0.118. The van der Waals surface area contributed by atoms with Crippen molar-refractivity contribution in [2.24, 2.45) is 0 Å². The number of rotatable bonds is 4. The number of carbonyl (C=O) groups is 1. The van der Waals surface area contributed by atoms with Gasteiger partial charge in [0.15, 0.2) is 6.61 Å². The third-order valence-corrected chi connectivity index (χ3v) is 2.96. The Bertz CT molecular complexity index is 823. The molecule has 0 aliphatic rings. The largest absolute Gasteiger partial charge is 0.484 e. The molecule has 0 saturated heterocycles. The first kappa shape index (κ1) is 13.9. The fourth-order valence-corrected chi connectivity index (χ4v) is 1.96. The highest BCUT2D eigenvalue weighted by Gasteiger charge is 2.05. The number of anilines is 1. The molecule has 0 atom stereocenters. The van der Waals surface area contributed by atoms with E-state index in [1.807, 2.05) is 6.07 Å². The van der Waals surface area contributed by atoms with E-state index in [2.05, 4.69) is 15.3 Å². The van der Waals surface area contributed by atoms with E-state index < -0.39 is 5.82 Å². The molecule has 3 rings (SSSR count). The van der Waals surface area contributed by atoms with Crippen molar-refractivity contribution in [3.05, 3.63) is 60.8 Å². The number of amides is 1. The summed E-state index contributed by atoms with van der Waals surface area (Å²) in [6, 6.07) is 11.0. The lowest BCUT2D eigenvalue weighted by Crippen LogP contribution is -2.20. The maximum Gasteiger partial charge on any atom is 0.262 e. The predicted molar refractivity (Wildman–Crippen MR) is 80.1 cm³/mol. The number of fused-ring (bicyclic) bond motifs is 1. The standard InChI is InChI=1S/C16H12FN3O2/c17-12-2-1-3-13(6-12)20-16(21)9-22-14-5-4-11-8-18-10-19-15(11)7-14/h1-8,10H,9H2,(H,20,21). The van der Waals surface area contributed by atoms with Crippen LogP contribution in [0.5, 0.6) is 5.75 Å². The Labute approximate surface area is 125 Å². The summed E-state index contributed by atoms with van der Waals surface area (Å²) in [4.78, 5) is 19.8. The topological polar surface area (TPSA) is 64.1 Å². The first-order valence-corrected chi connectivity index (χ1v) is 6.59. The van der Waals surface area contributed by atoms with Crippen LogP contribution in [0.2, 0.25) is 0 Å². The van der Waals surface area contributed by atoms with Crippen LogP contribution in [0.4, 0.5) is 10.1 Å². The number of hydrogen-bond acceptors (Lipinski definition) is 4. The fraction of sp³-hybridized carbons (Fsp3) is 0.0625. The van der Waals surface area contributed by atoms with E-state index in [1.165, 1.54) is 24.5 Å². The Kier molecular flexibility index (Phi) is 3.91. The van der Waals surface area contributed by atoms with Crippen molar-refractivity contribution in [1.82, 2.24) is 9.97 Å². The van der Waals surface area contributed by atoms with Crippen molar-refractivity contribution in [2.75, 3.05) is 11.9 Å². The van der Waals surface area contributed by atoms with Crippen molar-refractivity contribution in [1.29, 1.82) is 0 Å². The molecule has 6 heteroatoms. The summed E-state index contributed by atoms with van der Waals surface area (Å²) >= 11 is 0. The molecule has 0 aliphatic carbocycles. The minimum absolute atomic E-state index is 0.174. The van der Waals surface area contributed by atoms with Gasteiger partial charge in [0.1, 0.15) is 17.9 Å². The maximum absolute atomic E-state index is 13.0. The van der Waals surface area contributed by atoms with Gasteiger partial charge in [-0.25, -0.2) is 14.4 Å². The number of nitrogens with one attached hydrogen (secondary N) is 1. The molecule has 1 aromatic heterocycles. The zero-order chi connectivity index (χ0) is 15.4. The lowest BCUT2D eigenvalue weighted by atomic mass is 10.2. The minimum atomic E-state index is -0.409. The van der Waals surface area contributed by atoms with Gasteiger partial charge < -0.3 is 10.1 Å². The van der Waals surface area contributed by atoms with Gasteiger partial charge in [0, 0.05) is 23.3 Å². The predicted octanol–water partition coefficient (Wildman–Crippen LogP) is 2.79. The van der Waals surface area contributed by atoms with Gasteiger partial charge in [-0.2, -0.15) is 0 Å². The Morgan fingerprint density at radius 1 is 1.23 bits per heavy atom. The molecule has 1 amide bonds. The highest BCUT2D eigenvalue weighted by atomic mass is 19.1. The van der Waals surface area contributed by atoms with Gasteiger partial charge >= 0.3 is 0 Å². The Morgan fingerprint density at radius 3 is 3.00 bits per heavy atom. The smallest absolute Gasteiger partial charge is 0.262 e. The van der Waals surface area contributed by atoms with E-state index in [1.54, 1.807) is 24.4 Å². The zero-order valence-corrected chi connectivity index (χ0v) is 11.5. The highest BCUT2D eigenvalue weighted by molar-refractivity contribution is 5.91. The van der Waals surface area contributed by atoms with Gasteiger partial charge in [0.25, 0.3) is 5.91 Å². The molecule has 1 N–H and O–H groups in total. The third kappa shape index (κ3) is 3.35. The first-order valence-electron chi connectivity index (χ1n) is 6.59. The molecule has 22 heavy (non-hydrogen) atoms. The summed E-state index contributed by atoms with van der Waals surface area (Å²) < 4.78 is 18.4. The summed E-state index contributed by atoms with van der Waals surface area (Å²) in [5.74, 6) is -0.248. The molecule has 3 aromatic rings. The highest BCUT2D eigenvalue weighted by Crippen LogP contribution is 2.18. The van der Waals surface area contributed by atoms with Crippen LogP contribution in [0, 0.1) is 5.82 Å². The SMILES string of the molecule is O=C(COc1ccc2cncnc2c1)Nc1cccc(F)c1. The van der Waals surface area contributed by atoms with E-state index in [4.69, 9.17) is 4.74 Å². The molecule has 110 valence electrons. The van der Waals surface area contributed by atoms with E-state index in [0.717, 1.165) is 10.9 Å². The number of benzene rings is 2. The van der Waals surface area contributed by atoms with Gasteiger partial charge in [0.2, 0.25) is 0 Å². The number of hydrogen-bond donors (Lipinski definition) is 1. The van der Waals surface area contributed by atoms with Crippen LogP contribution in [-0.4, -0.2) is 22.5 Å². The third-order valence-electron chi connectivity index (χ3n) is 2.96. The lowest BCUT2D eigenvalue weighted by Gasteiger charge is -2.08. The number of ether oxygens (including phenoxy) is 1. The minimum Gasteiger partial charge on any atom is -0.484 e. The molecule has 0 unspecified atom stereocenters. The molecule has 0 aliphatic heterocycles. The van der Waals surface area contributed by atoms with Crippen LogP contribution in [0.3, 0.4) is 0 Å². The summed E-state index contributed by atoms with van der Waals surface area (Å²) in [7, 11) is 0. The zero-order valence-electron chi connectivity index (χ0n) is 11.5. The second kappa shape index (κ2) is 6.17. The summed E-state index contributed by atoms with van der Waals surface area (Å²) in [6.07, 6.45) is 3.14. The average Bonchev–Trinajstić information content (AvgIpc) is 2.53. The normalized spacial score (nSPS) is 10.4. The van der Waals surface area contributed by atoms with Crippen LogP contribution in [0.1, 0.15) is 0 Å². The summed E-state index contributed by atoms with van der Waals surface area (Å²) in [5.41, 5.74) is 1.12. The van der Waals surface area contributed by atoms with E-state index in [-0.39, 0.29) is 12.5 Å². The van der Waals surface area contributed by atoms with Crippen LogP contribution in [0.15, 0.2) is 55.0 Å². The van der Waals surface area contributed by atoms with Gasteiger partial charge in [0.05, 0.1) is 5.52 Å². The van der Waals surface area contributed by atoms with Crippen LogP contribution < -0.4 is 10.1 Å². The Morgan fingerprint density at radius 2 is 2.14 bits per heavy atom. The maximum atomic E-state index is 13.0. The molecule has 0 bridgehead atoms. The molecule has 2 aromatic carbocycles. The Balaban J connectivity index is 1.62. The number of halogens is 1. The molecule has 0 radical (unpaired) electrons. The molecule has 0 fully saturated rings. The van der Waals surface area contributed by atoms with Crippen LogP contribution in [0.25, 0.3) is 10.9 Å². The summed E-state index contributed by atoms with van der Waals surface area (Å²) in [6.45, 7) is -0.174. The molecule has 0 saturated carbocycles. The monoisotopic (exact) mass is 297 g/mol. The van der Waals surface area contributed by atoms with E-state index in [9.17, 15) is 9.18 Å². The van der Waals surface area contributed by atoms with Crippen molar-refractivity contribution in [3.8, 4) is 5.75 Å². The van der Waals surface area contributed by atoms with Gasteiger partial charge in [-0.1, -0.05) is 6.07 Å². The molecule has 5 nitrogen and oxygen atoms in total. The molecule has 0 spiro atoms. The summed E-state index contributed by atoms with van der Waals surface area (Å²) in [5, 5.41) is 3.45. The second-order valence-electron chi connectivity index (χ2n) is 4.59. The van der Waals surface area contributed by atoms with Crippen LogP contribution >= 0.6 is 0 Å². The van der Waals surface area contributed by atoms with E-state index in [0.29, 0.717) is 11.4 Å². The van der Waals surface area contributed by atoms with E-state index >= 15 is 0 Å². The van der Waals surface area contributed by atoms with Gasteiger partial charge in [-0.15, -0.1) is 0 Å². The van der Waals surface area contributed by atoms with Gasteiger partial charge in [-0.05, 0) is 30.3 Å². The average molecular weight is 297 g/mol. The first-order chi connectivity index (χ1) is 10.7. The quantitative estimate of drug-likeness (QED) is 0.804. The van der Waals surface area contributed by atoms with Crippen molar-refractivity contribution < 1.29 is 13.9 Å². The van der Waals surface area contributed by atoms with Crippen LogP contribution in [-0.2, 0) is 4.79 Å². The van der Waals surface area contributed by atoms with Crippen molar-refractivity contribution >= 4 is 22.5 Å². The number of carbonyl (C=O) groups excluding carboxylic acids is 1. The van der Waals surface area contributed by atoms with Crippen molar-refractivity contribution in [2.45, 2.75) is 0 Å². The molecular formula is C16H12FN3O2. The number of nitrogens with zero attached hydrogens (tertiary/aromatic N) is 2. The fourth-order valence-electron chi connectivity index (χ4n) is 1.96. The molecule has 1 heterocycles. The number of aromatic nitrogens is 2. The second-order valence-corrected chi connectivity index (χ2v) is 4.59. The van der Waals surface area contributed by atoms with Gasteiger partial charge in [-0.3, -0.25) is 4.79 Å². The Hall–Kier alpha value is -3.02.